The molecular formula is C18H17N5O4. The smallest absolute Gasteiger partial charge is 0.326 e. The molecule has 2 N–H and O–H groups in total. The number of furan rings is 1. The van der Waals surface area contributed by atoms with Gasteiger partial charge in [-0.3, -0.25) is 9.36 Å². The van der Waals surface area contributed by atoms with E-state index in [1.807, 2.05) is 19.1 Å². The van der Waals surface area contributed by atoms with Crippen LogP contribution in [-0.2, 0) is 6.54 Å². The molecule has 0 bridgehead atoms. The average molecular weight is 367 g/mol. The van der Waals surface area contributed by atoms with E-state index in [0.717, 1.165) is 5.52 Å². The molecular weight excluding hydrogens is 350 g/mol. The molecule has 4 aromatic rings. The second-order valence-corrected chi connectivity index (χ2v) is 6.04. The number of aromatic nitrogens is 4. The van der Waals surface area contributed by atoms with Gasteiger partial charge in [0.2, 0.25) is 11.7 Å². The number of hydrogen-bond donors (Lipinski definition) is 2. The number of nitrogens with zero attached hydrogens (tertiary/aromatic N) is 3. The Labute approximate surface area is 153 Å². The summed E-state index contributed by atoms with van der Waals surface area (Å²) in [4.78, 5) is 31.1. The van der Waals surface area contributed by atoms with Crippen LogP contribution in [-0.4, -0.2) is 25.6 Å². The predicted octanol–water partition coefficient (Wildman–Crippen LogP) is 2.48. The normalized spacial score (nSPS) is 12.4. The Balaban J connectivity index is 1.57. The number of H-pyrrole nitrogens is 1. The Hall–Kier alpha value is -3.62. The van der Waals surface area contributed by atoms with Gasteiger partial charge >= 0.3 is 5.69 Å². The largest absolute Gasteiger partial charge is 0.459 e. The molecule has 1 aromatic carbocycles. The predicted molar refractivity (Wildman–Crippen MR) is 96.1 cm³/mol. The van der Waals surface area contributed by atoms with Gasteiger partial charge in [-0.15, -0.1) is 0 Å². The number of aromatic amines is 1. The van der Waals surface area contributed by atoms with Crippen molar-refractivity contribution in [1.82, 2.24) is 25.0 Å². The number of rotatable bonds is 5. The summed E-state index contributed by atoms with van der Waals surface area (Å²) in [6.45, 7) is 4.23. The highest BCUT2D eigenvalue weighted by Gasteiger charge is 2.19. The van der Waals surface area contributed by atoms with E-state index in [0.29, 0.717) is 23.4 Å². The van der Waals surface area contributed by atoms with E-state index >= 15 is 0 Å². The van der Waals surface area contributed by atoms with Crippen molar-refractivity contribution in [3.8, 4) is 11.4 Å². The second-order valence-electron chi connectivity index (χ2n) is 6.04. The molecule has 0 saturated heterocycles. The van der Waals surface area contributed by atoms with Gasteiger partial charge in [-0.25, -0.2) is 4.79 Å². The quantitative estimate of drug-likeness (QED) is 0.559. The standard InChI is InChI=1S/C18H17N5O4/c1-3-23-13-7-6-11(9-12(13)20-18(23)25)15-21-17(27-22-15)10(2)19-16(24)14-5-4-8-26-14/h4-10H,3H2,1-2H3,(H,19,24)(H,20,25). The topological polar surface area (TPSA) is 119 Å². The number of hydrogen-bond acceptors (Lipinski definition) is 6. The number of nitrogens with one attached hydrogen (secondary N) is 2. The Morgan fingerprint density at radius 3 is 2.96 bits per heavy atom. The molecule has 9 nitrogen and oxygen atoms in total. The van der Waals surface area contributed by atoms with Crippen molar-refractivity contribution < 1.29 is 13.7 Å². The molecule has 3 heterocycles. The Bertz CT molecular complexity index is 1150. The highest BCUT2D eigenvalue weighted by Crippen LogP contribution is 2.22. The molecule has 0 radical (unpaired) electrons. The Kier molecular flexibility index (Phi) is 4.11. The third kappa shape index (κ3) is 3.03. The van der Waals surface area contributed by atoms with E-state index in [-0.39, 0.29) is 23.2 Å². The number of carbonyl (C=O) groups is 1. The minimum Gasteiger partial charge on any atom is -0.459 e. The summed E-state index contributed by atoms with van der Waals surface area (Å²) in [5.74, 6) is 0.476. The summed E-state index contributed by atoms with van der Waals surface area (Å²) in [7, 11) is 0. The van der Waals surface area contributed by atoms with E-state index < -0.39 is 6.04 Å². The maximum absolute atomic E-state index is 12.0. The summed E-state index contributed by atoms with van der Waals surface area (Å²) in [6.07, 6.45) is 1.43. The van der Waals surface area contributed by atoms with Crippen LogP contribution in [0.25, 0.3) is 22.4 Å². The highest BCUT2D eigenvalue weighted by molar-refractivity contribution is 5.91. The fraction of sp³-hybridized carbons (Fsp3) is 0.222. The van der Waals surface area contributed by atoms with Gasteiger partial charge in [0.1, 0.15) is 6.04 Å². The van der Waals surface area contributed by atoms with Crippen molar-refractivity contribution in [3.63, 3.8) is 0 Å². The molecule has 9 heteroatoms. The SMILES string of the molecule is CCn1c(=O)[nH]c2cc(-c3noc(C(C)NC(=O)c4ccco4)n3)ccc21. The van der Waals surface area contributed by atoms with Crippen molar-refractivity contribution in [2.45, 2.75) is 26.4 Å². The Morgan fingerprint density at radius 2 is 2.22 bits per heavy atom. The van der Waals surface area contributed by atoms with Crippen LogP contribution >= 0.6 is 0 Å². The number of fused-ring (bicyclic) bond motifs is 1. The molecule has 1 amide bonds. The zero-order valence-electron chi connectivity index (χ0n) is 14.7. The number of carbonyl (C=O) groups excluding carboxylic acids is 1. The van der Waals surface area contributed by atoms with Crippen LogP contribution in [0.2, 0.25) is 0 Å². The summed E-state index contributed by atoms with van der Waals surface area (Å²) in [5.41, 5.74) is 2.05. The van der Waals surface area contributed by atoms with Crippen LogP contribution in [0.1, 0.15) is 36.3 Å². The first-order chi connectivity index (χ1) is 13.1. The van der Waals surface area contributed by atoms with Gasteiger partial charge < -0.3 is 19.2 Å². The average Bonchev–Trinajstić information content (AvgIpc) is 3.39. The van der Waals surface area contributed by atoms with Gasteiger partial charge in [0.15, 0.2) is 5.76 Å². The molecule has 4 rings (SSSR count). The first-order valence-corrected chi connectivity index (χ1v) is 8.47. The van der Waals surface area contributed by atoms with Crippen LogP contribution in [0.15, 0.2) is 50.3 Å². The van der Waals surface area contributed by atoms with Crippen molar-refractivity contribution in [2.24, 2.45) is 0 Å². The van der Waals surface area contributed by atoms with Gasteiger partial charge in [0, 0.05) is 12.1 Å². The van der Waals surface area contributed by atoms with Gasteiger partial charge in [0.05, 0.1) is 17.3 Å². The molecule has 0 spiro atoms. The lowest BCUT2D eigenvalue weighted by Crippen LogP contribution is -2.26. The third-order valence-electron chi connectivity index (χ3n) is 4.25. The zero-order valence-corrected chi connectivity index (χ0v) is 14.7. The summed E-state index contributed by atoms with van der Waals surface area (Å²) in [6, 6.07) is 8.17. The summed E-state index contributed by atoms with van der Waals surface area (Å²) < 4.78 is 12.0. The molecule has 0 fully saturated rings. The lowest BCUT2D eigenvalue weighted by atomic mass is 10.2. The molecule has 0 aliphatic carbocycles. The van der Waals surface area contributed by atoms with Crippen LogP contribution < -0.4 is 11.0 Å². The lowest BCUT2D eigenvalue weighted by Gasteiger charge is -2.07. The zero-order chi connectivity index (χ0) is 19.0. The minimum atomic E-state index is -0.492. The van der Waals surface area contributed by atoms with Gasteiger partial charge in [0.25, 0.3) is 5.91 Å². The van der Waals surface area contributed by atoms with Crippen molar-refractivity contribution >= 4 is 16.9 Å². The van der Waals surface area contributed by atoms with E-state index in [9.17, 15) is 9.59 Å². The number of imidazole rings is 1. The van der Waals surface area contributed by atoms with E-state index in [2.05, 4.69) is 20.4 Å². The first kappa shape index (κ1) is 16.8. The molecule has 0 aliphatic rings. The second kappa shape index (κ2) is 6.60. The van der Waals surface area contributed by atoms with Crippen LogP contribution in [0.3, 0.4) is 0 Å². The van der Waals surface area contributed by atoms with E-state index in [1.165, 1.54) is 6.26 Å². The van der Waals surface area contributed by atoms with Gasteiger partial charge in [-0.2, -0.15) is 4.98 Å². The molecule has 0 saturated carbocycles. The lowest BCUT2D eigenvalue weighted by molar-refractivity contribution is 0.0904. The molecule has 138 valence electrons. The number of aryl methyl sites for hydroxylation is 1. The fourth-order valence-electron chi connectivity index (χ4n) is 2.88. The fourth-order valence-corrected chi connectivity index (χ4v) is 2.88. The first-order valence-electron chi connectivity index (χ1n) is 8.47. The molecule has 0 aliphatic heterocycles. The van der Waals surface area contributed by atoms with Gasteiger partial charge in [-0.05, 0) is 44.2 Å². The maximum Gasteiger partial charge on any atom is 0.326 e. The third-order valence-corrected chi connectivity index (χ3v) is 4.25. The van der Waals surface area contributed by atoms with E-state index in [1.54, 1.807) is 29.7 Å². The van der Waals surface area contributed by atoms with E-state index in [4.69, 9.17) is 8.94 Å². The summed E-state index contributed by atoms with van der Waals surface area (Å²) in [5, 5.41) is 6.71. The maximum atomic E-state index is 12.0. The van der Waals surface area contributed by atoms with Crippen LogP contribution in [0.4, 0.5) is 0 Å². The molecule has 1 unspecified atom stereocenters. The highest BCUT2D eigenvalue weighted by atomic mass is 16.5. The van der Waals surface area contributed by atoms with Crippen molar-refractivity contribution in [3.05, 3.63) is 58.7 Å². The molecule has 3 aromatic heterocycles. The minimum absolute atomic E-state index is 0.160. The van der Waals surface area contributed by atoms with Gasteiger partial charge in [-0.1, -0.05) is 5.16 Å². The van der Waals surface area contributed by atoms with Crippen molar-refractivity contribution in [2.75, 3.05) is 0 Å². The monoisotopic (exact) mass is 367 g/mol. The van der Waals surface area contributed by atoms with Crippen LogP contribution in [0.5, 0.6) is 0 Å². The summed E-state index contributed by atoms with van der Waals surface area (Å²) >= 11 is 0. The number of benzene rings is 1. The molecule has 27 heavy (non-hydrogen) atoms. The number of amides is 1. The van der Waals surface area contributed by atoms with Crippen molar-refractivity contribution in [1.29, 1.82) is 0 Å². The van der Waals surface area contributed by atoms with Crippen LogP contribution in [0, 0.1) is 0 Å². The molecule has 1 atom stereocenters. The Morgan fingerprint density at radius 1 is 1.37 bits per heavy atom.